The Balaban J connectivity index is 1.66. The predicted molar refractivity (Wildman–Crippen MR) is 92.4 cm³/mol. The van der Waals surface area contributed by atoms with Crippen LogP contribution in [0.2, 0.25) is 0 Å². The zero-order chi connectivity index (χ0) is 17.4. The third-order valence-corrected chi connectivity index (χ3v) is 4.29. The van der Waals surface area contributed by atoms with Crippen LogP contribution in [-0.4, -0.2) is 24.7 Å². The topological polar surface area (TPSA) is 89.1 Å². The van der Waals surface area contributed by atoms with Gasteiger partial charge in [-0.2, -0.15) is 0 Å². The summed E-state index contributed by atoms with van der Waals surface area (Å²) in [4.78, 5) is 21.1. The highest BCUT2D eigenvalue weighted by atomic mass is 16.5. The first-order chi connectivity index (χ1) is 12.1. The highest BCUT2D eigenvalue weighted by Gasteiger charge is 2.11. The summed E-state index contributed by atoms with van der Waals surface area (Å²) in [6.45, 7) is 3.82. The normalized spacial score (nSPS) is 11.3. The van der Waals surface area contributed by atoms with Crippen LogP contribution in [0.15, 0.2) is 46.0 Å². The van der Waals surface area contributed by atoms with Crippen molar-refractivity contribution in [1.29, 1.82) is 0 Å². The molecule has 0 spiro atoms. The molecule has 0 amide bonds. The molecule has 0 atom stereocenters. The Hall–Kier alpha value is -3.22. The van der Waals surface area contributed by atoms with Gasteiger partial charge in [-0.25, -0.2) is 9.50 Å². The van der Waals surface area contributed by atoms with Crippen molar-refractivity contribution in [3.63, 3.8) is 0 Å². The van der Waals surface area contributed by atoms with E-state index in [0.29, 0.717) is 12.1 Å². The number of fused-ring (bicyclic) bond motifs is 1. The molecule has 7 heteroatoms. The Labute approximate surface area is 143 Å². The Bertz CT molecular complexity index is 1070. The van der Waals surface area contributed by atoms with Crippen LogP contribution in [0.4, 0.5) is 0 Å². The van der Waals surface area contributed by atoms with Crippen LogP contribution in [0.1, 0.15) is 22.7 Å². The van der Waals surface area contributed by atoms with Crippen LogP contribution in [0.25, 0.3) is 16.9 Å². The van der Waals surface area contributed by atoms with Crippen LogP contribution in [0, 0.1) is 13.8 Å². The monoisotopic (exact) mass is 335 g/mol. The number of pyridine rings is 1. The van der Waals surface area contributed by atoms with Gasteiger partial charge in [-0.15, -0.1) is 0 Å². The summed E-state index contributed by atoms with van der Waals surface area (Å²) in [5.41, 5.74) is 4.89. The lowest BCUT2D eigenvalue weighted by atomic mass is 10.1. The quantitative estimate of drug-likeness (QED) is 0.619. The summed E-state index contributed by atoms with van der Waals surface area (Å²) in [5, 5.41) is 7.03. The number of rotatable bonds is 4. The Kier molecular flexibility index (Phi) is 3.68. The van der Waals surface area contributed by atoms with E-state index >= 15 is 0 Å². The van der Waals surface area contributed by atoms with Crippen LogP contribution >= 0.6 is 0 Å². The van der Waals surface area contributed by atoms with Crippen molar-refractivity contribution in [3.8, 4) is 11.3 Å². The molecule has 4 aromatic rings. The van der Waals surface area contributed by atoms with Gasteiger partial charge in [0.1, 0.15) is 5.76 Å². The fourth-order valence-electron chi connectivity index (χ4n) is 2.95. The number of hydrogen-bond acceptors (Lipinski definition) is 5. The zero-order valence-corrected chi connectivity index (χ0v) is 14.0. The number of H-pyrrole nitrogens is 1. The molecule has 0 aliphatic rings. The molecule has 0 unspecified atom stereocenters. The van der Waals surface area contributed by atoms with E-state index in [1.807, 2.05) is 32.0 Å². The van der Waals surface area contributed by atoms with Crippen molar-refractivity contribution in [3.05, 3.63) is 69.7 Å². The van der Waals surface area contributed by atoms with Crippen molar-refractivity contribution in [1.82, 2.24) is 24.7 Å². The number of hydrogen-bond donors (Lipinski definition) is 1. The van der Waals surface area contributed by atoms with Crippen LogP contribution in [-0.2, 0) is 12.8 Å². The molecule has 4 heterocycles. The van der Waals surface area contributed by atoms with Crippen molar-refractivity contribution < 1.29 is 4.52 Å². The molecule has 0 saturated heterocycles. The average molecular weight is 335 g/mol. The molecule has 0 aromatic carbocycles. The van der Waals surface area contributed by atoms with Crippen LogP contribution in [0.5, 0.6) is 0 Å². The molecular formula is C18H17N5O2. The molecule has 25 heavy (non-hydrogen) atoms. The minimum atomic E-state index is -0.131. The molecule has 4 rings (SSSR count). The summed E-state index contributed by atoms with van der Waals surface area (Å²) < 4.78 is 6.63. The molecule has 0 radical (unpaired) electrons. The Morgan fingerprint density at radius 2 is 2.12 bits per heavy atom. The first-order valence-corrected chi connectivity index (χ1v) is 8.05. The third kappa shape index (κ3) is 2.84. The second-order valence-corrected chi connectivity index (χ2v) is 5.99. The predicted octanol–water partition coefficient (Wildman–Crippen LogP) is 2.47. The summed E-state index contributed by atoms with van der Waals surface area (Å²) in [6.07, 6.45) is 4.85. The number of aryl methyl sites for hydroxylation is 3. The molecular weight excluding hydrogens is 318 g/mol. The average Bonchev–Trinajstić information content (AvgIpc) is 3.18. The van der Waals surface area contributed by atoms with Gasteiger partial charge in [0.15, 0.2) is 5.65 Å². The summed E-state index contributed by atoms with van der Waals surface area (Å²) in [5.74, 6) is 0.816. The molecule has 0 aliphatic heterocycles. The molecule has 0 aliphatic carbocycles. The van der Waals surface area contributed by atoms with Crippen molar-refractivity contribution >= 4 is 5.65 Å². The molecule has 0 saturated carbocycles. The van der Waals surface area contributed by atoms with Crippen LogP contribution in [0.3, 0.4) is 0 Å². The molecule has 4 aromatic heterocycles. The molecule has 1 N–H and O–H groups in total. The van der Waals surface area contributed by atoms with Gasteiger partial charge in [-0.1, -0.05) is 5.16 Å². The van der Waals surface area contributed by atoms with E-state index in [1.165, 1.54) is 4.52 Å². The zero-order valence-electron chi connectivity index (χ0n) is 14.0. The van der Waals surface area contributed by atoms with Gasteiger partial charge in [0, 0.05) is 41.3 Å². The second kappa shape index (κ2) is 6.01. The van der Waals surface area contributed by atoms with Gasteiger partial charge in [-0.3, -0.25) is 14.9 Å². The van der Waals surface area contributed by atoms with E-state index in [1.54, 1.807) is 18.5 Å². The van der Waals surface area contributed by atoms with Crippen LogP contribution < -0.4 is 5.56 Å². The third-order valence-electron chi connectivity index (χ3n) is 4.29. The number of aromatic nitrogens is 5. The smallest absolute Gasteiger partial charge is 0.272 e. The lowest BCUT2D eigenvalue weighted by Crippen LogP contribution is -2.15. The van der Waals surface area contributed by atoms with Gasteiger partial charge in [-0.05, 0) is 38.8 Å². The maximum atomic E-state index is 12.4. The van der Waals surface area contributed by atoms with E-state index in [0.717, 1.165) is 40.4 Å². The van der Waals surface area contributed by atoms with E-state index in [-0.39, 0.29) is 5.56 Å². The van der Waals surface area contributed by atoms with Gasteiger partial charge in [0.2, 0.25) is 0 Å². The maximum Gasteiger partial charge on any atom is 0.272 e. The van der Waals surface area contributed by atoms with Gasteiger partial charge in [0.25, 0.3) is 5.56 Å². The van der Waals surface area contributed by atoms with E-state index in [4.69, 9.17) is 4.52 Å². The summed E-state index contributed by atoms with van der Waals surface area (Å²) in [6, 6.07) is 7.21. The second-order valence-electron chi connectivity index (χ2n) is 5.99. The van der Waals surface area contributed by atoms with Crippen molar-refractivity contribution in [2.75, 3.05) is 0 Å². The maximum absolute atomic E-state index is 12.4. The number of aromatic amines is 1. The van der Waals surface area contributed by atoms with E-state index in [2.05, 4.69) is 20.2 Å². The first kappa shape index (κ1) is 15.3. The Morgan fingerprint density at radius 1 is 1.24 bits per heavy atom. The van der Waals surface area contributed by atoms with E-state index < -0.39 is 0 Å². The summed E-state index contributed by atoms with van der Waals surface area (Å²) >= 11 is 0. The molecule has 0 bridgehead atoms. The lowest BCUT2D eigenvalue weighted by Gasteiger charge is -2.01. The lowest BCUT2D eigenvalue weighted by molar-refractivity contribution is 0.392. The largest absolute Gasteiger partial charge is 0.361 e. The van der Waals surface area contributed by atoms with Crippen molar-refractivity contribution in [2.24, 2.45) is 0 Å². The number of nitrogens with zero attached hydrogens (tertiary/aromatic N) is 4. The van der Waals surface area contributed by atoms with Gasteiger partial charge >= 0.3 is 0 Å². The van der Waals surface area contributed by atoms with Crippen molar-refractivity contribution in [2.45, 2.75) is 26.7 Å². The summed E-state index contributed by atoms with van der Waals surface area (Å²) in [7, 11) is 0. The molecule has 7 nitrogen and oxygen atoms in total. The molecule has 126 valence electrons. The fourth-order valence-corrected chi connectivity index (χ4v) is 2.95. The fraction of sp³-hybridized carbons (Fsp3) is 0.222. The first-order valence-electron chi connectivity index (χ1n) is 8.05. The SMILES string of the molecule is Cc1noc(C)c1CCc1cc(=O)n2[nH]c(-c3cccnc3)cc2n1. The number of nitrogens with one attached hydrogen (secondary N) is 1. The standard InChI is InChI=1S/C18H17N5O2/c1-11-15(12(2)25-22-11)6-5-14-8-18(24)23-17(20-14)9-16(21-23)13-4-3-7-19-10-13/h3-4,7-10,21H,5-6H2,1-2H3. The van der Waals surface area contributed by atoms with Gasteiger partial charge < -0.3 is 4.52 Å². The minimum absolute atomic E-state index is 0.131. The van der Waals surface area contributed by atoms with Gasteiger partial charge in [0.05, 0.1) is 11.4 Å². The minimum Gasteiger partial charge on any atom is -0.361 e. The van der Waals surface area contributed by atoms with E-state index in [9.17, 15) is 4.79 Å². The highest BCUT2D eigenvalue weighted by Crippen LogP contribution is 2.18. The highest BCUT2D eigenvalue weighted by molar-refractivity contribution is 5.62. The molecule has 0 fully saturated rings. The Morgan fingerprint density at radius 3 is 2.84 bits per heavy atom.